The third-order valence-electron chi connectivity index (χ3n) is 7.02. The number of aryl methyl sites for hydroxylation is 1. The summed E-state index contributed by atoms with van der Waals surface area (Å²) < 4.78 is 5.57. The van der Waals surface area contributed by atoms with Crippen LogP contribution in [0.3, 0.4) is 0 Å². The van der Waals surface area contributed by atoms with Gasteiger partial charge >= 0.3 is 0 Å². The maximum Gasteiger partial charge on any atom is 0.221 e. The van der Waals surface area contributed by atoms with Crippen LogP contribution in [0.1, 0.15) is 24.4 Å². The van der Waals surface area contributed by atoms with Gasteiger partial charge in [0.05, 0.1) is 36.9 Å². The van der Waals surface area contributed by atoms with Gasteiger partial charge in [-0.05, 0) is 37.6 Å². The molecule has 0 spiro atoms. The van der Waals surface area contributed by atoms with Crippen LogP contribution < -0.4 is 5.32 Å². The van der Waals surface area contributed by atoms with E-state index in [1.165, 1.54) is 0 Å². The molecule has 12 heteroatoms. The summed E-state index contributed by atoms with van der Waals surface area (Å²) in [6.45, 7) is 2.55. The first-order valence-electron chi connectivity index (χ1n) is 12.9. The van der Waals surface area contributed by atoms with Gasteiger partial charge in [0.25, 0.3) is 0 Å². The van der Waals surface area contributed by atoms with Gasteiger partial charge in [0.15, 0.2) is 11.5 Å². The monoisotopic (exact) mass is 518 g/mol. The first kappa shape index (κ1) is 23.3. The Balaban J connectivity index is 1.11. The standard InChI is InChI=1S/C27H26N12/c1-37-16-22(13-32-37)24-14-31-26-27(34-24)39(36-35-26)15-18-3-2-4-19(9-18)25-29-10-20(11-30-25)21-12-33-38(17-21)23-5-7-28-8-6-23/h2-4,9-14,16-17,23,28H,5-8,15H2,1H3. The van der Waals surface area contributed by atoms with Crippen LogP contribution in [-0.2, 0) is 13.6 Å². The minimum absolute atomic E-state index is 0.443. The molecule has 39 heavy (non-hydrogen) atoms. The smallest absolute Gasteiger partial charge is 0.221 e. The SMILES string of the molecule is Cn1cc(-c2cnc3nnn(Cc4cccc(-c5ncc(-c6cnn(C7CCNCC7)c6)cn5)c4)c3n2)cn1. The Morgan fingerprint density at radius 1 is 0.872 bits per heavy atom. The first-order chi connectivity index (χ1) is 19.2. The Bertz CT molecular complexity index is 1740. The summed E-state index contributed by atoms with van der Waals surface area (Å²) in [5.74, 6) is 0.661. The predicted octanol–water partition coefficient (Wildman–Crippen LogP) is 2.92. The molecule has 1 fully saturated rings. The van der Waals surface area contributed by atoms with Crippen molar-refractivity contribution in [3.05, 3.63) is 73.2 Å². The van der Waals surface area contributed by atoms with Crippen molar-refractivity contribution in [3.8, 4) is 33.8 Å². The molecule has 0 atom stereocenters. The van der Waals surface area contributed by atoms with Gasteiger partial charge in [0.1, 0.15) is 0 Å². The van der Waals surface area contributed by atoms with Gasteiger partial charge in [0, 0.05) is 54.1 Å². The van der Waals surface area contributed by atoms with Crippen molar-refractivity contribution in [3.63, 3.8) is 0 Å². The number of hydrogen-bond acceptors (Lipinski definition) is 9. The zero-order valence-electron chi connectivity index (χ0n) is 21.4. The van der Waals surface area contributed by atoms with E-state index in [1.54, 1.807) is 21.8 Å². The second-order valence-electron chi connectivity index (χ2n) is 9.74. The van der Waals surface area contributed by atoms with Crippen molar-refractivity contribution in [2.45, 2.75) is 25.4 Å². The molecule has 6 heterocycles. The quantitative estimate of drug-likeness (QED) is 0.354. The highest BCUT2D eigenvalue weighted by Gasteiger charge is 2.17. The Morgan fingerprint density at radius 2 is 1.72 bits per heavy atom. The van der Waals surface area contributed by atoms with Crippen molar-refractivity contribution in [2.24, 2.45) is 7.05 Å². The molecule has 1 aliphatic rings. The van der Waals surface area contributed by atoms with Crippen LogP contribution in [0.15, 0.2) is 67.6 Å². The lowest BCUT2D eigenvalue weighted by atomic mass is 10.1. The number of nitrogens with zero attached hydrogens (tertiary/aromatic N) is 11. The van der Waals surface area contributed by atoms with Crippen LogP contribution in [0, 0.1) is 0 Å². The highest BCUT2D eigenvalue weighted by molar-refractivity contribution is 5.69. The summed E-state index contributed by atoms with van der Waals surface area (Å²) in [5, 5.41) is 20.7. The van der Waals surface area contributed by atoms with Crippen LogP contribution in [0.25, 0.3) is 45.1 Å². The lowest BCUT2D eigenvalue weighted by Crippen LogP contribution is -2.29. The molecule has 1 aliphatic heterocycles. The van der Waals surface area contributed by atoms with Crippen LogP contribution in [-0.4, -0.2) is 67.6 Å². The van der Waals surface area contributed by atoms with Gasteiger partial charge in [-0.3, -0.25) is 9.36 Å². The number of hydrogen-bond donors (Lipinski definition) is 1. The summed E-state index contributed by atoms with van der Waals surface area (Å²) >= 11 is 0. The van der Waals surface area contributed by atoms with Crippen molar-refractivity contribution >= 4 is 11.3 Å². The van der Waals surface area contributed by atoms with E-state index in [4.69, 9.17) is 4.98 Å². The molecule has 1 aromatic carbocycles. The maximum atomic E-state index is 4.75. The van der Waals surface area contributed by atoms with Gasteiger partial charge in [0.2, 0.25) is 5.65 Å². The van der Waals surface area contributed by atoms with Crippen LogP contribution >= 0.6 is 0 Å². The lowest BCUT2D eigenvalue weighted by Gasteiger charge is -2.22. The zero-order valence-corrected chi connectivity index (χ0v) is 21.4. The topological polar surface area (TPSA) is 130 Å². The van der Waals surface area contributed by atoms with E-state index in [0.717, 1.165) is 59.4 Å². The van der Waals surface area contributed by atoms with Gasteiger partial charge in [-0.1, -0.05) is 23.4 Å². The Kier molecular flexibility index (Phi) is 5.85. The lowest BCUT2D eigenvalue weighted by molar-refractivity contribution is 0.343. The molecular weight excluding hydrogens is 492 g/mol. The van der Waals surface area contributed by atoms with Crippen molar-refractivity contribution in [1.29, 1.82) is 0 Å². The van der Waals surface area contributed by atoms with Gasteiger partial charge in [-0.15, -0.1) is 5.10 Å². The molecule has 0 unspecified atom stereocenters. The number of nitrogens with one attached hydrogen (secondary N) is 1. The average Bonchev–Trinajstić information content (AvgIpc) is 3.74. The average molecular weight is 519 g/mol. The van der Waals surface area contributed by atoms with Crippen LogP contribution in [0.5, 0.6) is 0 Å². The molecule has 0 aliphatic carbocycles. The van der Waals surface area contributed by atoms with Gasteiger partial charge in [-0.2, -0.15) is 10.2 Å². The number of rotatable bonds is 6. The third kappa shape index (κ3) is 4.66. The summed E-state index contributed by atoms with van der Waals surface area (Å²) in [5.41, 5.74) is 6.67. The van der Waals surface area contributed by atoms with Crippen molar-refractivity contribution < 1.29 is 0 Å². The van der Waals surface area contributed by atoms with E-state index in [2.05, 4.69) is 57.7 Å². The number of fused-ring (bicyclic) bond motifs is 1. The molecule has 194 valence electrons. The molecule has 6 aromatic rings. The molecule has 7 rings (SSSR count). The van der Waals surface area contributed by atoms with Crippen molar-refractivity contribution in [2.75, 3.05) is 13.1 Å². The molecule has 12 nitrogen and oxygen atoms in total. The van der Waals surface area contributed by atoms with E-state index in [-0.39, 0.29) is 0 Å². The Labute approximate surface area is 223 Å². The summed E-state index contributed by atoms with van der Waals surface area (Å²) in [7, 11) is 1.87. The van der Waals surface area contributed by atoms with Crippen LogP contribution in [0.4, 0.5) is 0 Å². The van der Waals surface area contributed by atoms with Gasteiger partial charge < -0.3 is 5.32 Å². The fourth-order valence-corrected chi connectivity index (χ4v) is 4.92. The highest BCUT2D eigenvalue weighted by atomic mass is 15.5. The zero-order chi connectivity index (χ0) is 26.2. The van der Waals surface area contributed by atoms with Crippen LogP contribution in [0.2, 0.25) is 0 Å². The minimum Gasteiger partial charge on any atom is -0.317 e. The van der Waals surface area contributed by atoms with E-state index in [9.17, 15) is 0 Å². The fraction of sp³-hybridized carbons (Fsp3) is 0.259. The minimum atomic E-state index is 0.443. The normalized spacial score (nSPS) is 14.3. The molecule has 5 aromatic heterocycles. The second kappa shape index (κ2) is 9.80. The molecule has 0 amide bonds. The number of piperidine rings is 1. The van der Waals surface area contributed by atoms with E-state index < -0.39 is 0 Å². The molecule has 0 bridgehead atoms. The van der Waals surface area contributed by atoms with Gasteiger partial charge in [-0.25, -0.2) is 24.6 Å². The van der Waals surface area contributed by atoms with Crippen molar-refractivity contribution in [1.82, 2.24) is 59.8 Å². The summed E-state index contributed by atoms with van der Waals surface area (Å²) in [6, 6.07) is 8.55. The van der Waals surface area contributed by atoms with E-state index in [1.807, 2.05) is 50.0 Å². The summed E-state index contributed by atoms with van der Waals surface area (Å²) in [4.78, 5) is 18.5. The Hall–Kier alpha value is -4.84. The fourth-order valence-electron chi connectivity index (χ4n) is 4.92. The third-order valence-corrected chi connectivity index (χ3v) is 7.02. The number of aromatic nitrogens is 11. The highest BCUT2D eigenvalue weighted by Crippen LogP contribution is 2.25. The predicted molar refractivity (Wildman–Crippen MR) is 144 cm³/mol. The molecule has 1 N–H and O–H groups in total. The largest absolute Gasteiger partial charge is 0.317 e. The Morgan fingerprint density at radius 3 is 2.54 bits per heavy atom. The van der Waals surface area contributed by atoms with E-state index >= 15 is 0 Å². The molecule has 0 radical (unpaired) electrons. The molecular formula is C27H26N12. The molecule has 0 saturated carbocycles. The number of benzene rings is 1. The maximum absolute atomic E-state index is 4.75. The first-order valence-corrected chi connectivity index (χ1v) is 12.9. The van der Waals surface area contributed by atoms with E-state index in [0.29, 0.717) is 29.7 Å². The second-order valence-corrected chi connectivity index (χ2v) is 9.74. The molecule has 1 saturated heterocycles. The summed E-state index contributed by atoms with van der Waals surface area (Å²) in [6.07, 6.45) is 15.3.